The second kappa shape index (κ2) is 11.2. The number of nitrogens with one attached hydrogen (secondary N) is 1. The highest BCUT2D eigenvalue weighted by Crippen LogP contribution is 2.38. The molecule has 1 N–H and O–H groups in total. The Labute approximate surface area is 209 Å². The highest BCUT2D eigenvalue weighted by atomic mass is 28.4. The Balaban J connectivity index is 1.60. The number of ether oxygens (including phenoxy) is 2. The Morgan fingerprint density at radius 1 is 0.914 bits per heavy atom. The van der Waals surface area contributed by atoms with Gasteiger partial charge >= 0.3 is 6.09 Å². The molecule has 3 aromatic rings. The van der Waals surface area contributed by atoms with E-state index in [0.29, 0.717) is 6.61 Å². The number of hydrogen-bond donors (Lipinski definition) is 1. The van der Waals surface area contributed by atoms with Gasteiger partial charge in [0.05, 0.1) is 6.10 Å². The zero-order valence-electron chi connectivity index (χ0n) is 20.8. The van der Waals surface area contributed by atoms with Crippen LogP contribution in [0.5, 0.6) is 0 Å². The van der Waals surface area contributed by atoms with E-state index in [1.165, 1.54) is 10.4 Å². The van der Waals surface area contributed by atoms with Crippen molar-refractivity contribution in [3.8, 4) is 0 Å². The second-order valence-electron chi connectivity index (χ2n) is 9.96. The molecule has 1 aliphatic heterocycles. The average molecular weight is 490 g/mol. The number of carbonyl (C=O) groups excluding carboxylic acids is 1. The fraction of sp³-hybridized carbons (Fsp3) is 0.345. The monoisotopic (exact) mass is 489 g/mol. The van der Waals surface area contributed by atoms with Crippen LogP contribution in [0.1, 0.15) is 39.2 Å². The van der Waals surface area contributed by atoms with E-state index < -0.39 is 20.6 Å². The Kier molecular flexibility index (Phi) is 8.06. The first-order valence-corrected chi connectivity index (χ1v) is 14.2. The third-order valence-corrected chi connectivity index (χ3v) is 11.5. The zero-order chi connectivity index (χ0) is 24.7. The van der Waals surface area contributed by atoms with Gasteiger partial charge in [-0.25, -0.2) is 4.79 Å². The smallest absolute Gasteiger partial charge is 0.409 e. The molecular weight excluding hydrogens is 454 g/mol. The molecule has 0 spiro atoms. The number of carbonyl (C=O) groups is 1. The largest absolute Gasteiger partial charge is 0.445 e. The zero-order valence-corrected chi connectivity index (χ0v) is 21.8. The summed E-state index contributed by atoms with van der Waals surface area (Å²) in [6.07, 6.45) is 0.304. The molecule has 1 aliphatic rings. The Morgan fingerprint density at radius 2 is 1.46 bits per heavy atom. The molecule has 184 valence electrons. The number of benzene rings is 3. The topological polar surface area (TPSA) is 56.8 Å². The van der Waals surface area contributed by atoms with Gasteiger partial charge in [-0.15, -0.1) is 0 Å². The minimum absolute atomic E-state index is 0.161. The lowest BCUT2D eigenvalue weighted by atomic mass is 10.1. The Bertz CT molecular complexity index is 1030. The first-order chi connectivity index (χ1) is 16.9. The van der Waals surface area contributed by atoms with Crippen LogP contribution in [0.25, 0.3) is 0 Å². The lowest BCUT2D eigenvalue weighted by Crippen LogP contribution is -2.69. The first-order valence-electron chi connectivity index (χ1n) is 12.3. The lowest BCUT2D eigenvalue weighted by Gasteiger charge is -2.47. The van der Waals surface area contributed by atoms with E-state index in [0.717, 1.165) is 18.4 Å². The summed E-state index contributed by atoms with van der Waals surface area (Å²) in [6, 6.07) is 30.7. The van der Waals surface area contributed by atoms with Gasteiger partial charge in [0.25, 0.3) is 8.32 Å². The van der Waals surface area contributed by atoms with Gasteiger partial charge in [-0.1, -0.05) is 112 Å². The van der Waals surface area contributed by atoms with Crippen LogP contribution in [0.2, 0.25) is 5.04 Å². The molecule has 1 heterocycles. The van der Waals surface area contributed by atoms with Crippen molar-refractivity contribution in [3.05, 3.63) is 96.6 Å². The fourth-order valence-corrected chi connectivity index (χ4v) is 9.52. The molecule has 0 aromatic heterocycles. The van der Waals surface area contributed by atoms with Crippen LogP contribution in [0.4, 0.5) is 4.79 Å². The molecule has 3 aromatic carbocycles. The van der Waals surface area contributed by atoms with E-state index in [4.69, 9.17) is 13.9 Å². The van der Waals surface area contributed by atoms with Crippen molar-refractivity contribution in [1.29, 1.82) is 0 Å². The van der Waals surface area contributed by atoms with Gasteiger partial charge in [-0.05, 0) is 33.8 Å². The van der Waals surface area contributed by atoms with E-state index in [2.05, 4.69) is 74.6 Å². The van der Waals surface area contributed by atoms with Crippen molar-refractivity contribution in [3.63, 3.8) is 0 Å². The van der Waals surface area contributed by atoms with Crippen LogP contribution in [-0.2, 0) is 20.5 Å². The van der Waals surface area contributed by atoms with Gasteiger partial charge in [-0.3, -0.25) is 5.32 Å². The van der Waals surface area contributed by atoms with Crippen molar-refractivity contribution >= 4 is 24.8 Å². The van der Waals surface area contributed by atoms with E-state index in [1.807, 2.05) is 42.5 Å². The third kappa shape index (κ3) is 5.84. The van der Waals surface area contributed by atoms with Crippen LogP contribution < -0.4 is 15.7 Å². The molecule has 4 rings (SSSR count). The van der Waals surface area contributed by atoms with E-state index >= 15 is 0 Å². The molecule has 0 aliphatic carbocycles. The number of amides is 1. The third-order valence-electron chi connectivity index (χ3n) is 6.49. The van der Waals surface area contributed by atoms with E-state index in [9.17, 15) is 4.79 Å². The molecule has 1 fully saturated rings. The van der Waals surface area contributed by atoms with Crippen LogP contribution in [0.15, 0.2) is 91.0 Å². The minimum Gasteiger partial charge on any atom is -0.445 e. The van der Waals surface area contributed by atoms with Crippen molar-refractivity contribution < 1.29 is 18.7 Å². The molecule has 5 nitrogen and oxygen atoms in total. The first kappa shape index (κ1) is 25.2. The van der Waals surface area contributed by atoms with Crippen molar-refractivity contribution in [2.75, 3.05) is 6.61 Å². The summed E-state index contributed by atoms with van der Waals surface area (Å²) in [6.45, 7) is 7.53. The molecule has 0 saturated carbocycles. The SMILES string of the molecule is CC(C)(C)[Si](O[C@H]1CCCO[C@H]1NC(=O)OCc1ccccc1)(c1ccccc1)c1ccccc1. The van der Waals surface area contributed by atoms with E-state index in [-0.39, 0.29) is 17.7 Å². The minimum atomic E-state index is -2.77. The van der Waals surface area contributed by atoms with E-state index in [1.54, 1.807) is 0 Å². The molecular formula is C29H35NO4Si. The number of rotatable bonds is 7. The molecule has 1 saturated heterocycles. The van der Waals surface area contributed by atoms with Crippen LogP contribution in [0, 0.1) is 0 Å². The van der Waals surface area contributed by atoms with Crippen LogP contribution in [0.3, 0.4) is 0 Å². The number of hydrogen-bond acceptors (Lipinski definition) is 4. The number of alkyl carbamates (subject to hydrolysis) is 1. The summed E-state index contributed by atoms with van der Waals surface area (Å²) in [4.78, 5) is 12.7. The average Bonchev–Trinajstić information content (AvgIpc) is 2.88. The van der Waals surface area contributed by atoms with Gasteiger partial charge in [0, 0.05) is 6.61 Å². The summed E-state index contributed by atoms with van der Waals surface area (Å²) in [7, 11) is -2.77. The van der Waals surface area contributed by atoms with Crippen LogP contribution in [-0.4, -0.2) is 33.3 Å². The summed E-state index contributed by atoms with van der Waals surface area (Å²) >= 11 is 0. The summed E-state index contributed by atoms with van der Waals surface area (Å²) in [5.74, 6) is 0. The van der Waals surface area contributed by atoms with Gasteiger partial charge in [0.15, 0.2) is 6.23 Å². The van der Waals surface area contributed by atoms with Crippen molar-refractivity contribution in [2.24, 2.45) is 0 Å². The fourth-order valence-electron chi connectivity index (χ4n) is 4.81. The maximum Gasteiger partial charge on any atom is 0.409 e. The maximum atomic E-state index is 12.7. The Morgan fingerprint density at radius 3 is 2.00 bits per heavy atom. The molecule has 2 atom stereocenters. The van der Waals surface area contributed by atoms with Crippen LogP contribution >= 0.6 is 0 Å². The standard InChI is InChI=1S/C29H35NO4Si/c1-29(2,3)35(24-16-9-5-10-17-24,25-18-11-6-12-19-25)34-26-20-13-21-32-27(26)30-28(31)33-22-23-14-7-4-8-15-23/h4-12,14-19,26-27H,13,20-22H2,1-3H3,(H,30,31)/t26-,27+/m0/s1. The highest BCUT2D eigenvalue weighted by molar-refractivity contribution is 6.99. The van der Waals surface area contributed by atoms with Gasteiger partial charge < -0.3 is 13.9 Å². The highest BCUT2D eigenvalue weighted by Gasteiger charge is 2.52. The molecule has 6 heteroatoms. The summed E-state index contributed by atoms with van der Waals surface area (Å²) < 4.78 is 18.7. The summed E-state index contributed by atoms with van der Waals surface area (Å²) in [5, 5.41) is 5.18. The molecule has 1 amide bonds. The quantitative estimate of drug-likeness (QED) is 0.475. The summed E-state index contributed by atoms with van der Waals surface area (Å²) in [5.41, 5.74) is 0.937. The van der Waals surface area contributed by atoms with Gasteiger partial charge in [0.1, 0.15) is 6.61 Å². The van der Waals surface area contributed by atoms with Crippen molar-refractivity contribution in [1.82, 2.24) is 5.32 Å². The second-order valence-corrected chi connectivity index (χ2v) is 14.2. The predicted octanol–water partition coefficient (Wildman–Crippen LogP) is 4.99. The predicted molar refractivity (Wildman–Crippen MR) is 141 cm³/mol. The molecule has 0 radical (unpaired) electrons. The maximum absolute atomic E-state index is 12.7. The molecule has 35 heavy (non-hydrogen) atoms. The van der Waals surface area contributed by atoms with Gasteiger partial charge in [0.2, 0.25) is 0 Å². The van der Waals surface area contributed by atoms with Crippen molar-refractivity contribution in [2.45, 2.75) is 57.6 Å². The normalized spacial score (nSPS) is 18.6. The Hall–Kier alpha value is -2.93. The van der Waals surface area contributed by atoms with Gasteiger partial charge in [-0.2, -0.15) is 0 Å². The lowest BCUT2D eigenvalue weighted by molar-refractivity contribution is -0.0803. The molecule has 0 bridgehead atoms. The molecule has 0 unspecified atom stereocenters.